The van der Waals surface area contributed by atoms with Crippen LogP contribution in [0.1, 0.15) is 13.8 Å². The van der Waals surface area contributed by atoms with Gasteiger partial charge in [0.2, 0.25) is 0 Å². The number of nitrogens with one attached hydrogen (secondary N) is 2. The molecular weight excluding hydrogens is 436 g/mol. The van der Waals surface area contributed by atoms with E-state index in [0.717, 1.165) is 34.2 Å². The molecule has 9 heteroatoms. The number of fused-ring (bicyclic) bond motifs is 2. The molecule has 172 valence electrons. The third kappa shape index (κ3) is 5.73. The number of carbonyl (C=O) groups excluding carboxylic acids is 1. The van der Waals surface area contributed by atoms with Crippen molar-refractivity contribution in [3.63, 3.8) is 0 Å². The van der Waals surface area contributed by atoms with Gasteiger partial charge in [0.15, 0.2) is 17.4 Å². The first kappa shape index (κ1) is 22.8. The molecule has 2 aromatic carbocycles. The first-order valence-corrected chi connectivity index (χ1v) is 12.2. The van der Waals surface area contributed by atoms with Crippen LogP contribution in [0.2, 0.25) is 0 Å². The number of aromatic nitrogens is 4. The van der Waals surface area contributed by atoms with Gasteiger partial charge in [-0.05, 0) is 35.1 Å². The van der Waals surface area contributed by atoms with Crippen LogP contribution in [0.4, 0.5) is 5.82 Å². The van der Waals surface area contributed by atoms with Crippen LogP contribution in [0.15, 0.2) is 53.8 Å². The van der Waals surface area contributed by atoms with Gasteiger partial charge >= 0.3 is 0 Å². The molecule has 0 unspecified atom stereocenters. The van der Waals surface area contributed by atoms with E-state index in [0.29, 0.717) is 29.9 Å². The summed E-state index contributed by atoms with van der Waals surface area (Å²) in [4.78, 5) is 21.5. The lowest BCUT2D eigenvalue weighted by molar-refractivity contribution is -0.123. The SMILES string of the molecule is CSc1nc(NCC(C)C)c2cnn(CCNC(=O)COc3ccc4ccccc4c3)c2n1. The summed E-state index contributed by atoms with van der Waals surface area (Å²) in [5.41, 5.74) is 0.752. The smallest absolute Gasteiger partial charge is 0.258 e. The molecule has 2 N–H and O–H groups in total. The molecule has 33 heavy (non-hydrogen) atoms. The van der Waals surface area contributed by atoms with Gasteiger partial charge in [0, 0.05) is 13.1 Å². The van der Waals surface area contributed by atoms with E-state index in [9.17, 15) is 4.79 Å². The number of benzene rings is 2. The molecule has 0 aliphatic carbocycles. The molecule has 0 bridgehead atoms. The van der Waals surface area contributed by atoms with Gasteiger partial charge < -0.3 is 15.4 Å². The van der Waals surface area contributed by atoms with Gasteiger partial charge in [0.1, 0.15) is 11.6 Å². The standard InChI is InChI=1S/C24H28N6O2S/c1-16(2)13-26-22-20-14-27-30(23(20)29-24(28-22)33-3)11-10-25-21(31)15-32-19-9-8-17-6-4-5-7-18(17)12-19/h4-9,12,14,16H,10-11,13,15H2,1-3H3,(H,25,31)(H,26,28,29). The van der Waals surface area contributed by atoms with Crippen molar-refractivity contribution in [2.45, 2.75) is 25.5 Å². The van der Waals surface area contributed by atoms with E-state index >= 15 is 0 Å². The summed E-state index contributed by atoms with van der Waals surface area (Å²) in [6.45, 7) is 6.00. The molecule has 0 atom stereocenters. The topological polar surface area (TPSA) is 94.0 Å². The molecule has 0 aliphatic heterocycles. The maximum absolute atomic E-state index is 12.3. The number of hydrogen-bond donors (Lipinski definition) is 2. The lowest BCUT2D eigenvalue weighted by Gasteiger charge is -2.11. The largest absolute Gasteiger partial charge is 0.484 e. The minimum absolute atomic E-state index is 0.0414. The fraction of sp³-hybridized carbons (Fsp3) is 0.333. The van der Waals surface area contributed by atoms with Crippen LogP contribution in [0.3, 0.4) is 0 Å². The van der Waals surface area contributed by atoms with Crippen LogP contribution < -0.4 is 15.4 Å². The number of nitrogens with zero attached hydrogens (tertiary/aromatic N) is 4. The molecule has 0 radical (unpaired) electrons. The number of carbonyl (C=O) groups is 1. The number of thioether (sulfide) groups is 1. The minimum atomic E-state index is -0.182. The van der Waals surface area contributed by atoms with E-state index < -0.39 is 0 Å². The highest BCUT2D eigenvalue weighted by Gasteiger charge is 2.13. The van der Waals surface area contributed by atoms with E-state index in [-0.39, 0.29) is 12.5 Å². The number of amides is 1. The van der Waals surface area contributed by atoms with E-state index in [1.807, 2.05) is 48.7 Å². The van der Waals surface area contributed by atoms with Crippen LogP contribution in [-0.2, 0) is 11.3 Å². The highest BCUT2D eigenvalue weighted by Crippen LogP contribution is 2.24. The van der Waals surface area contributed by atoms with Gasteiger partial charge in [-0.2, -0.15) is 5.10 Å². The number of hydrogen-bond acceptors (Lipinski definition) is 7. The zero-order valence-electron chi connectivity index (χ0n) is 19.0. The Morgan fingerprint density at radius 2 is 1.97 bits per heavy atom. The van der Waals surface area contributed by atoms with E-state index in [1.165, 1.54) is 11.8 Å². The summed E-state index contributed by atoms with van der Waals surface area (Å²) >= 11 is 1.49. The predicted octanol–water partition coefficient (Wildman–Crippen LogP) is 3.96. The first-order valence-electron chi connectivity index (χ1n) is 10.9. The monoisotopic (exact) mass is 464 g/mol. The number of rotatable bonds is 10. The zero-order chi connectivity index (χ0) is 23.2. The molecule has 0 saturated carbocycles. The van der Waals surface area contributed by atoms with Crippen molar-refractivity contribution >= 4 is 45.3 Å². The van der Waals surface area contributed by atoms with Gasteiger partial charge in [-0.3, -0.25) is 4.79 Å². The summed E-state index contributed by atoms with van der Waals surface area (Å²) in [7, 11) is 0. The van der Waals surface area contributed by atoms with E-state index in [1.54, 1.807) is 10.9 Å². The van der Waals surface area contributed by atoms with Crippen LogP contribution in [0.25, 0.3) is 21.8 Å². The quantitative estimate of drug-likeness (QED) is 0.271. The molecule has 4 rings (SSSR count). The van der Waals surface area contributed by atoms with Crippen LogP contribution in [-0.4, -0.2) is 51.6 Å². The minimum Gasteiger partial charge on any atom is -0.484 e. The average molecular weight is 465 g/mol. The molecule has 2 heterocycles. The van der Waals surface area contributed by atoms with Gasteiger partial charge in [-0.15, -0.1) is 0 Å². The third-order valence-corrected chi connectivity index (χ3v) is 5.62. The van der Waals surface area contributed by atoms with Gasteiger partial charge in [-0.1, -0.05) is 55.9 Å². The van der Waals surface area contributed by atoms with Crippen molar-refractivity contribution in [2.24, 2.45) is 5.92 Å². The molecule has 0 spiro atoms. The maximum Gasteiger partial charge on any atom is 0.258 e. The third-order valence-electron chi connectivity index (χ3n) is 5.07. The Labute approximate surface area is 197 Å². The highest BCUT2D eigenvalue weighted by molar-refractivity contribution is 7.98. The second-order valence-electron chi connectivity index (χ2n) is 8.09. The maximum atomic E-state index is 12.3. The Bertz CT molecular complexity index is 1260. The van der Waals surface area contributed by atoms with Crippen molar-refractivity contribution in [1.82, 2.24) is 25.1 Å². The Balaban J connectivity index is 1.34. The Hall–Kier alpha value is -3.33. The van der Waals surface area contributed by atoms with Crippen molar-refractivity contribution < 1.29 is 9.53 Å². The lowest BCUT2D eigenvalue weighted by Crippen LogP contribution is -2.31. The second-order valence-corrected chi connectivity index (χ2v) is 8.86. The van der Waals surface area contributed by atoms with E-state index in [4.69, 9.17) is 4.74 Å². The van der Waals surface area contributed by atoms with Crippen LogP contribution in [0, 0.1) is 5.92 Å². The fourth-order valence-electron chi connectivity index (χ4n) is 3.38. The summed E-state index contributed by atoms with van der Waals surface area (Å²) in [6.07, 6.45) is 3.72. The lowest BCUT2D eigenvalue weighted by atomic mass is 10.1. The summed E-state index contributed by atoms with van der Waals surface area (Å²) in [6, 6.07) is 13.8. The molecule has 8 nitrogen and oxygen atoms in total. The van der Waals surface area contributed by atoms with Crippen molar-refractivity contribution in [3.8, 4) is 5.75 Å². The van der Waals surface area contributed by atoms with Crippen molar-refractivity contribution in [1.29, 1.82) is 0 Å². The fourth-order valence-corrected chi connectivity index (χ4v) is 3.74. The molecule has 0 fully saturated rings. The zero-order valence-corrected chi connectivity index (χ0v) is 19.9. The summed E-state index contributed by atoms with van der Waals surface area (Å²) in [5, 5.41) is 14.5. The first-order chi connectivity index (χ1) is 16.0. The molecule has 0 aliphatic rings. The molecule has 1 amide bonds. The molecule has 4 aromatic rings. The predicted molar refractivity (Wildman–Crippen MR) is 133 cm³/mol. The number of anilines is 1. The highest BCUT2D eigenvalue weighted by atomic mass is 32.2. The summed E-state index contributed by atoms with van der Waals surface area (Å²) < 4.78 is 7.45. The van der Waals surface area contributed by atoms with Crippen molar-refractivity contribution in [2.75, 3.05) is 31.3 Å². The molecule has 2 aromatic heterocycles. The Morgan fingerprint density at radius 1 is 1.15 bits per heavy atom. The number of ether oxygens (including phenoxy) is 1. The normalized spacial score (nSPS) is 11.3. The van der Waals surface area contributed by atoms with Crippen LogP contribution in [0.5, 0.6) is 5.75 Å². The van der Waals surface area contributed by atoms with Crippen LogP contribution >= 0.6 is 11.8 Å². The van der Waals surface area contributed by atoms with Gasteiger partial charge in [-0.25, -0.2) is 14.6 Å². The second kappa shape index (κ2) is 10.5. The van der Waals surface area contributed by atoms with E-state index in [2.05, 4.69) is 39.5 Å². The average Bonchev–Trinajstić information content (AvgIpc) is 3.24. The summed E-state index contributed by atoms with van der Waals surface area (Å²) in [5.74, 6) is 1.77. The molecular formula is C24H28N6O2S. The van der Waals surface area contributed by atoms with Gasteiger partial charge in [0.05, 0.1) is 18.1 Å². The Morgan fingerprint density at radius 3 is 2.76 bits per heavy atom. The van der Waals surface area contributed by atoms with Crippen molar-refractivity contribution in [3.05, 3.63) is 48.7 Å². The van der Waals surface area contributed by atoms with Gasteiger partial charge in [0.25, 0.3) is 5.91 Å². The molecule has 0 saturated heterocycles. The Kier molecular flexibility index (Phi) is 7.29.